The van der Waals surface area contributed by atoms with Crippen LogP contribution in [-0.2, 0) is 0 Å². The molecule has 2 rings (SSSR count). The van der Waals surface area contributed by atoms with Gasteiger partial charge in [0.25, 0.3) is 5.91 Å². The topological polar surface area (TPSA) is 45.2 Å². The summed E-state index contributed by atoms with van der Waals surface area (Å²) in [7, 11) is 3.64. The fourth-order valence-electron chi connectivity index (χ4n) is 2.07. The van der Waals surface area contributed by atoms with Gasteiger partial charge in [-0.3, -0.25) is 4.79 Å². The molecule has 1 amide bonds. The van der Waals surface area contributed by atoms with Crippen LogP contribution in [0.3, 0.4) is 0 Å². The molecular formula is C13H19N3O. The predicted octanol–water partition coefficient (Wildman–Crippen LogP) is 1.85. The number of hydrogen-bond donors (Lipinski definition) is 1. The van der Waals surface area contributed by atoms with Crippen molar-refractivity contribution in [3.8, 4) is 0 Å². The van der Waals surface area contributed by atoms with Crippen molar-refractivity contribution < 1.29 is 4.79 Å². The maximum Gasteiger partial charge on any atom is 0.257 e. The van der Waals surface area contributed by atoms with Crippen LogP contribution in [0.15, 0.2) is 18.3 Å². The maximum absolute atomic E-state index is 12.2. The van der Waals surface area contributed by atoms with E-state index in [0.717, 1.165) is 12.5 Å². The number of amides is 1. The molecule has 0 spiro atoms. The summed E-state index contributed by atoms with van der Waals surface area (Å²) in [5, 5.41) is 2.95. The quantitative estimate of drug-likeness (QED) is 0.863. The summed E-state index contributed by atoms with van der Waals surface area (Å²) in [6, 6.07) is 3.61. The summed E-state index contributed by atoms with van der Waals surface area (Å²) >= 11 is 0. The van der Waals surface area contributed by atoms with Gasteiger partial charge in [-0.05, 0) is 30.4 Å². The minimum absolute atomic E-state index is 0.0431. The van der Waals surface area contributed by atoms with E-state index in [-0.39, 0.29) is 5.91 Å². The van der Waals surface area contributed by atoms with E-state index in [0.29, 0.717) is 17.3 Å². The van der Waals surface area contributed by atoms with Crippen molar-refractivity contribution >= 4 is 11.7 Å². The Kier molecular flexibility index (Phi) is 3.31. The van der Waals surface area contributed by atoms with E-state index in [2.05, 4.69) is 17.2 Å². The highest BCUT2D eigenvalue weighted by Crippen LogP contribution is 2.38. The van der Waals surface area contributed by atoms with Crippen LogP contribution < -0.4 is 5.32 Å². The minimum Gasteiger partial charge on any atom is -0.372 e. The maximum atomic E-state index is 12.2. The van der Waals surface area contributed by atoms with Crippen molar-refractivity contribution in [2.45, 2.75) is 13.3 Å². The highest BCUT2D eigenvalue weighted by atomic mass is 16.2. The second-order valence-corrected chi connectivity index (χ2v) is 4.81. The lowest BCUT2D eigenvalue weighted by Gasteiger charge is -2.18. The third-order valence-electron chi connectivity index (χ3n) is 3.41. The second kappa shape index (κ2) is 4.73. The Morgan fingerprint density at radius 1 is 1.65 bits per heavy atom. The summed E-state index contributed by atoms with van der Waals surface area (Å²) in [6.45, 7) is 3.07. The molecule has 92 valence electrons. The SMILES string of the molecule is CNc1ncccc1C(=O)N(C)CC1CC1C. The molecule has 2 atom stereocenters. The lowest BCUT2D eigenvalue weighted by molar-refractivity contribution is 0.0787. The Hall–Kier alpha value is -1.58. The molecule has 1 heterocycles. The van der Waals surface area contributed by atoms with Gasteiger partial charge < -0.3 is 10.2 Å². The Morgan fingerprint density at radius 3 is 2.94 bits per heavy atom. The molecule has 4 nitrogen and oxygen atoms in total. The second-order valence-electron chi connectivity index (χ2n) is 4.81. The largest absolute Gasteiger partial charge is 0.372 e. The van der Waals surface area contributed by atoms with Gasteiger partial charge in [-0.2, -0.15) is 0 Å². The van der Waals surface area contributed by atoms with E-state index >= 15 is 0 Å². The van der Waals surface area contributed by atoms with Gasteiger partial charge in [-0.15, -0.1) is 0 Å². The van der Waals surface area contributed by atoms with Crippen molar-refractivity contribution in [1.29, 1.82) is 0 Å². The zero-order valence-corrected chi connectivity index (χ0v) is 10.6. The van der Waals surface area contributed by atoms with Gasteiger partial charge in [-0.25, -0.2) is 4.98 Å². The summed E-state index contributed by atoms with van der Waals surface area (Å²) in [5.74, 6) is 2.14. The molecule has 4 heteroatoms. The zero-order chi connectivity index (χ0) is 12.4. The first kappa shape index (κ1) is 11.9. The summed E-state index contributed by atoms with van der Waals surface area (Å²) < 4.78 is 0. The van der Waals surface area contributed by atoms with Crippen LogP contribution in [-0.4, -0.2) is 36.4 Å². The number of aromatic nitrogens is 1. The van der Waals surface area contributed by atoms with Crippen molar-refractivity contribution in [2.24, 2.45) is 11.8 Å². The zero-order valence-electron chi connectivity index (χ0n) is 10.6. The number of nitrogens with one attached hydrogen (secondary N) is 1. The van der Waals surface area contributed by atoms with E-state index in [1.165, 1.54) is 6.42 Å². The predicted molar refractivity (Wildman–Crippen MR) is 68.0 cm³/mol. The van der Waals surface area contributed by atoms with Crippen molar-refractivity contribution in [1.82, 2.24) is 9.88 Å². The Balaban J connectivity index is 2.07. The molecule has 0 aliphatic heterocycles. The first-order valence-electron chi connectivity index (χ1n) is 6.01. The molecule has 1 aromatic rings. The third kappa shape index (κ3) is 2.57. The van der Waals surface area contributed by atoms with Gasteiger partial charge in [0.15, 0.2) is 0 Å². The first-order chi connectivity index (χ1) is 8.13. The van der Waals surface area contributed by atoms with Crippen LogP contribution in [0.25, 0.3) is 0 Å². The molecule has 1 N–H and O–H groups in total. The molecular weight excluding hydrogens is 214 g/mol. The lowest BCUT2D eigenvalue weighted by atomic mass is 10.2. The van der Waals surface area contributed by atoms with Gasteiger partial charge in [0, 0.05) is 26.8 Å². The number of pyridine rings is 1. The fourth-order valence-corrected chi connectivity index (χ4v) is 2.07. The monoisotopic (exact) mass is 233 g/mol. The Labute approximate surface area is 102 Å². The van der Waals surface area contributed by atoms with E-state index in [9.17, 15) is 4.79 Å². The van der Waals surface area contributed by atoms with Gasteiger partial charge >= 0.3 is 0 Å². The molecule has 0 saturated heterocycles. The first-order valence-corrected chi connectivity index (χ1v) is 6.01. The van der Waals surface area contributed by atoms with E-state index in [1.54, 1.807) is 24.2 Å². The van der Waals surface area contributed by atoms with E-state index in [1.807, 2.05) is 13.1 Å². The molecule has 1 aliphatic rings. The molecule has 2 unspecified atom stereocenters. The Bertz CT molecular complexity index is 419. The summed E-state index contributed by atoms with van der Waals surface area (Å²) in [5.41, 5.74) is 0.644. The van der Waals surface area contributed by atoms with E-state index < -0.39 is 0 Å². The fraction of sp³-hybridized carbons (Fsp3) is 0.538. The third-order valence-corrected chi connectivity index (χ3v) is 3.41. The minimum atomic E-state index is 0.0431. The number of hydrogen-bond acceptors (Lipinski definition) is 3. The number of carbonyl (C=O) groups is 1. The molecule has 0 radical (unpaired) electrons. The molecule has 1 aromatic heterocycles. The van der Waals surface area contributed by atoms with Crippen LogP contribution >= 0.6 is 0 Å². The van der Waals surface area contributed by atoms with E-state index in [4.69, 9.17) is 0 Å². The highest BCUT2D eigenvalue weighted by molar-refractivity contribution is 5.98. The van der Waals surface area contributed by atoms with Gasteiger partial charge in [0.2, 0.25) is 0 Å². The average Bonchev–Trinajstić information content (AvgIpc) is 3.03. The van der Waals surface area contributed by atoms with Gasteiger partial charge in [-0.1, -0.05) is 6.92 Å². The van der Waals surface area contributed by atoms with Crippen molar-refractivity contribution in [3.63, 3.8) is 0 Å². The highest BCUT2D eigenvalue weighted by Gasteiger charge is 2.34. The average molecular weight is 233 g/mol. The summed E-state index contributed by atoms with van der Waals surface area (Å²) in [4.78, 5) is 18.2. The van der Waals surface area contributed by atoms with Crippen LogP contribution in [0.4, 0.5) is 5.82 Å². The van der Waals surface area contributed by atoms with Crippen LogP contribution in [0, 0.1) is 11.8 Å². The lowest BCUT2D eigenvalue weighted by Crippen LogP contribution is -2.29. The van der Waals surface area contributed by atoms with Crippen LogP contribution in [0.2, 0.25) is 0 Å². The molecule has 0 bridgehead atoms. The Morgan fingerprint density at radius 2 is 2.35 bits per heavy atom. The van der Waals surface area contributed by atoms with Crippen LogP contribution in [0.1, 0.15) is 23.7 Å². The van der Waals surface area contributed by atoms with Crippen LogP contribution in [0.5, 0.6) is 0 Å². The normalized spacial score (nSPS) is 22.1. The standard InChI is InChI=1S/C13H19N3O/c1-9-7-10(9)8-16(3)13(17)11-5-4-6-15-12(11)14-2/h4-6,9-10H,7-8H2,1-3H3,(H,14,15). The van der Waals surface area contributed by atoms with Gasteiger partial charge in [0.05, 0.1) is 5.56 Å². The van der Waals surface area contributed by atoms with Gasteiger partial charge in [0.1, 0.15) is 5.82 Å². The summed E-state index contributed by atoms with van der Waals surface area (Å²) in [6.07, 6.45) is 2.93. The number of carbonyl (C=O) groups excluding carboxylic acids is 1. The molecule has 0 aromatic carbocycles. The van der Waals surface area contributed by atoms with Crippen molar-refractivity contribution in [3.05, 3.63) is 23.9 Å². The smallest absolute Gasteiger partial charge is 0.257 e. The number of anilines is 1. The molecule has 1 saturated carbocycles. The molecule has 1 fully saturated rings. The number of rotatable bonds is 4. The van der Waals surface area contributed by atoms with Crippen molar-refractivity contribution in [2.75, 3.05) is 26.0 Å². The molecule has 1 aliphatic carbocycles. The molecule has 17 heavy (non-hydrogen) atoms. The number of nitrogens with zero attached hydrogens (tertiary/aromatic N) is 2.